The molecule has 0 aliphatic carbocycles. The van der Waals surface area contributed by atoms with Gasteiger partial charge in [0.25, 0.3) is 0 Å². The van der Waals surface area contributed by atoms with Crippen molar-refractivity contribution < 1.29 is 14.2 Å². The minimum absolute atomic E-state index is 0.174. The molecule has 118 valence electrons. The number of rotatable bonds is 6. The number of benzene rings is 1. The first-order chi connectivity index (χ1) is 10.2. The zero-order valence-corrected chi connectivity index (χ0v) is 12.5. The lowest BCUT2D eigenvalue weighted by molar-refractivity contribution is 0.189. The van der Waals surface area contributed by atoms with Gasteiger partial charge in [-0.1, -0.05) is 6.92 Å². The van der Waals surface area contributed by atoms with E-state index in [-0.39, 0.29) is 12.4 Å². The van der Waals surface area contributed by atoms with Crippen molar-refractivity contribution >= 4 is 11.4 Å². The number of anilines is 2. The molecule has 0 radical (unpaired) electrons. The van der Waals surface area contributed by atoms with Crippen LogP contribution in [0.5, 0.6) is 5.75 Å². The number of hydrogen-bond donors (Lipinski definition) is 2. The Hall–Kier alpha value is -1.53. The molecule has 0 aromatic heterocycles. The van der Waals surface area contributed by atoms with E-state index in [4.69, 9.17) is 15.6 Å². The first-order valence-corrected chi connectivity index (χ1v) is 7.45. The van der Waals surface area contributed by atoms with Gasteiger partial charge in [0, 0.05) is 44.9 Å². The monoisotopic (exact) mass is 297 g/mol. The van der Waals surface area contributed by atoms with E-state index in [1.54, 1.807) is 6.07 Å². The lowest BCUT2D eigenvalue weighted by Gasteiger charge is -2.36. The second-order valence-corrected chi connectivity index (χ2v) is 5.24. The van der Waals surface area contributed by atoms with Crippen LogP contribution in [-0.2, 0) is 0 Å². The number of aliphatic hydroxyl groups is 1. The average Bonchev–Trinajstić information content (AvgIpc) is 2.48. The van der Waals surface area contributed by atoms with Crippen LogP contribution in [0.1, 0.15) is 13.3 Å². The molecule has 5 nitrogen and oxygen atoms in total. The molecule has 1 fully saturated rings. The van der Waals surface area contributed by atoms with Gasteiger partial charge >= 0.3 is 0 Å². The SMILES string of the molecule is CCCOc1cc(N2CCN(CCO)CC2)c(N)cc1F. The Morgan fingerprint density at radius 3 is 2.62 bits per heavy atom. The van der Waals surface area contributed by atoms with E-state index in [1.165, 1.54) is 6.07 Å². The molecule has 3 N–H and O–H groups in total. The van der Waals surface area contributed by atoms with Gasteiger partial charge < -0.3 is 20.5 Å². The molecule has 1 heterocycles. The standard InChI is InChI=1S/C15H24FN3O2/c1-2-9-21-15-11-14(13(17)10-12(15)16)19-5-3-18(4-6-19)7-8-20/h10-11,20H,2-9,17H2,1H3. The maximum atomic E-state index is 13.8. The Bertz CT molecular complexity index is 462. The molecule has 0 bridgehead atoms. The molecule has 1 aromatic rings. The lowest BCUT2D eigenvalue weighted by atomic mass is 10.2. The van der Waals surface area contributed by atoms with Gasteiger partial charge in [0.2, 0.25) is 0 Å². The van der Waals surface area contributed by atoms with Crippen LogP contribution in [0.15, 0.2) is 12.1 Å². The van der Waals surface area contributed by atoms with Gasteiger partial charge in [0.05, 0.1) is 24.6 Å². The quantitative estimate of drug-likeness (QED) is 0.775. The van der Waals surface area contributed by atoms with Gasteiger partial charge in [-0.2, -0.15) is 0 Å². The van der Waals surface area contributed by atoms with E-state index >= 15 is 0 Å². The summed E-state index contributed by atoms with van der Waals surface area (Å²) in [5, 5.41) is 8.96. The fourth-order valence-corrected chi connectivity index (χ4v) is 2.51. The average molecular weight is 297 g/mol. The van der Waals surface area contributed by atoms with E-state index < -0.39 is 5.82 Å². The summed E-state index contributed by atoms with van der Waals surface area (Å²) in [7, 11) is 0. The van der Waals surface area contributed by atoms with Crippen molar-refractivity contribution in [2.75, 3.05) is 56.6 Å². The summed E-state index contributed by atoms with van der Waals surface area (Å²) in [6.07, 6.45) is 0.832. The summed E-state index contributed by atoms with van der Waals surface area (Å²) < 4.78 is 19.3. The van der Waals surface area contributed by atoms with E-state index in [1.807, 2.05) is 6.92 Å². The van der Waals surface area contributed by atoms with Gasteiger partial charge in [0.15, 0.2) is 11.6 Å². The number of halogens is 1. The van der Waals surface area contributed by atoms with Crippen LogP contribution in [0.3, 0.4) is 0 Å². The lowest BCUT2D eigenvalue weighted by Crippen LogP contribution is -2.47. The predicted octanol–water partition coefficient (Wildman–Crippen LogP) is 1.31. The number of nitrogens with zero attached hydrogens (tertiary/aromatic N) is 2. The number of hydrogen-bond acceptors (Lipinski definition) is 5. The van der Waals surface area contributed by atoms with Crippen LogP contribution in [0.2, 0.25) is 0 Å². The Balaban J connectivity index is 2.09. The number of aliphatic hydroxyl groups excluding tert-OH is 1. The van der Waals surface area contributed by atoms with Gasteiger partial charge in [-0.05, 0) is 6.42 Å². The molecular formula is C15H24FN3O2. The van der Waals surface area contributed by atoms with E-state index in [0.717, 1.165) is 38.3 Å². The summed E-state index contributed by atoms with van der Waals surface area (Å²) in [6.45, 7) is 6.68. The van der Waals surface area contributed by atoms with Crippen LogP contribution in [0, 0.1) is 5.82 Å². The normalized spacial score (nSPS) is 16.2. The highest BCUT2D eigenvalue weighted by Crippen LogP contribution is 2.31. The molecule has 1 aliphatic heterocycles. The summed E-state index contributed by atoms with van der Waals surface area (Å²) in [6, 6.07) is 3.03. The highest BCUT2D eigenvalue weighted by Gasteiger charge is 2.20. The Labute approximate surface area is 125 Å². The fraction of sp³-hybridized carbons (Fsp3) is 0.600. The zero-order chi connectivity index (χ0) is 15.2. The zero-order valence-electron chi connectivity index (χ0n) is 12.5. The molecule has 0 spiro atoms. The molecule has 0 atom stereocenters. The largest absolute Gasteiger partial charge is 0.490 e. The Morgan fingerprint density at radius 1 is 1.29 bits per heavy atom. The second kappa shape index (κ2) is 7.47. The molecular weight excluding hydrogens is 273 g/mol. The van der Waals surface area contributed by atoms with Crippen LogP contribution in [0.25, 0.3) is 0 Å². The maximum Gasteiger partial charge on any atom is 0.167 e. The summed E-state index contributed by atoms with van der Waals surface area (Å²) in [5.74, 6) is -0.151. The minimum atomic E-state index is -0.413. The predicted molar refractivity (Wildman–Crippen MR) is 82.3 cm³/mol. The molecule has 1 aliphatic rings. The Kier molecular flexibility index (Phi) is 5.64. The van der Waals surface area contributed by atoms with Gasteiger partial charge in [-0.3, -0.25) is 4.90 Å². The number of β-amino-alcohol motifs (C(OH)–C–C–N with tert-alkyl or cyclic N) is 1. The minimum Gasteiger partial charge on any atom is -0.490 e. The van der Waals surface area contributed by atoms with Crippen molar-refractivity contribution in [1.82, 2.24) is 4.90 Å². The first kappa shape index (κ1) is 15.9. The van der Waals surface area contributed by atoms with Crippen molar-refractivity contribution in [1.29, 1.82) is 0 Å². The molecule has 1 saturated heterocycles. The molecule has 21 heavy (non-hydrogen) atoms. The fourth-order valence-electron chi connectivity index (χ4n) is 2.51. The molecule has 1 aromatic carbocycles. The summed E-state index contributed by atoms with van der Waals surface area (Å²) >= 11 is 0. The van der Waals surface area contributed by atoms with Crippen LogP contribution in [-0.4, -0.2) is 55.9 Å². The van der Waals surface area contributed by atoms with Crippen molar-refractivity contribution in [3.63, 3.8) is 0 Å². The number of nitrogen functional groups attached to an aromatic ring is 1. The van der Waals surface area contributed by atoms with Crippen LogP contribution >= 0.6 is 0 Å². The molecule has 6 heteroatoms. The summed E-state index contributed by atoms with van der Waals surface area (Å²) in [4.78, 5) is 4.34. The number of nitrogens with two attached hydrogens (primary N) is 1. The number of ether oxygens (including phenoxy) is 1. The molecule has 0 saturated carbocycles. The van der Waals surface area contributed by atoms with Crippen molar-refractivity contribution in [3.8, 4) is 5.75 Å². The van der Waals surface area contributed by atoms with Gasteiger partial charge in [-0.25, -0.2) is 4.39 Å². The third-order valence-electron chi connectivity index (χ3n) is 3.67. The van der Waals surface area contributed by atoms with Gasteiger partial charge in [0.1, 0.15) is 0 Å². The third-order valence-corrected chi connectivity index (χ3v) is 3.67. The molecule has 0 unspecified atom stereocenters. The van der Waals surface area contributed by atoms with E-state index in [0.29, 0.717) is 18.8 Å². The maximum absolute atomic E-state index is 13.8. The van der Waals surface area contributed by atoms with Crippen LogP contribution in [0.4, 0.5) is 15.8 Å². The highest BCUT2D eigenvalue weighted by molar-refractivity contribution is 5.70. The molecule has 2 rings (SSSR count). The smallest absolute Gasteiger partial charge is 0.167 e. The topological polar surface area (TPSA) is 62.0 Å². The van der Waals surface area contributed by atoms with Crippen LogP contribution < -0.4 is 15.4 Å². The van der Waals surface area contributed by atoms with Crippen molar-refractivity contribution in [2.45, 2.75) is 13.3 Å². The first-order valence-electron chi connectivity index (χ1n) is 7.45. The third kappa shape index (κ3) is 3.98. The Morgan fingerprint density at radius 2 is 2.00 bits per heavy atom. The van der Waals surface area contributed by atoms with Crippen molar-refractivity contribution in [3.05, 3.63) is 17.9 Å². The van der Waals surface area contributed by atoms with Crippen molar-refractivity contribution in [2.24, 2.45) is 0 Å². The number of piperazine rings is 1. The van der Waals surface area contributed by atoms with E-state index in [2.05, 4.69) is 9.80 Å². The molecule has 0 amide bonds. The van der Waals surface area contributed by atoms with E-state index in [9.17, 15) is 4.39 Å². The van der Waals surface area contributed by atoms with Gasteiger partial charge in [-0.15, -0.1) is 0 Å². The summed E-state index contributed by atoms with van der Waals surface area (Å²) in [5.41, 5.74) is 7.21. The highest BCUT2D eigenvalue weighted by atomic mass is 19.1. The second-order valence-electron chi connectivity index (χ2n) is 5.24.